The van der Waals surface area contributed by atoms with Crippen molar-refractivity contribution >= 4 is 21.9 Å². The van der Waals surface area contributed by atoms with Crippen molar-refractivity contribution in [3.63, 3.8) is 0 Å². The molecule has 0 unspecified atom stereocenters. The van der Waals surface area contributed by atoms with Crippen molar-refractivity contribution in [2.75, 3.05) is 5.43 Å². The molecular weight excluding hydrogens is 186 g/mol. The van der Waals surface area contributed by atoms with Crippen LogP contribution in [0.3, 0.4) is 0 Å². The molecule has 0 aromatic carbocycles. The molecule has 9 heavy (non-hydrogen) atoms. The molecule has 1 heterocycles. The van der Waals surface area contributed by atoms with Gasteiger partial charge >= 0.3 is 0 Å². The van der Waals surface area contributed by atoms with E-state index in [4.69, 9.17) is 5.84 Å². The van der Waals surface area contributed by atoms with Gasteiger partial charge in [0.15, 0.2) is 0 Å². The quantitative estimate of drug-likeness (QED) is 0.480. The molecule has 6 heteroatoms. The Hall–Kier alpha value is -0.620. The molecule has 0 bridgehead atoms. The van der Waals surface area contributed by atoms with Crippen LogP contribution in [0.25, 0.3) is 0 Å². The fraction of sp³-hybridized carbons (Fsp3) is 0.333. The van der Waals surface area contributed by atoms with E-state index in [9.17, 15) is 0 Å². The summed E-state index contributed by atoms with van der Waals surface area (Å²) in [6.45, 7) is 0. The highest BCUT2D eigenvalue weighted by atomic mass is 79.9. The molecule has 1 rings (SSSR count). The van der Waals surface area contributed by atoms with E-state index in [1.807, 2.05) is 0 Å². The molecule has 0 aliphatic heterocycles. The first-order chi connectivity index (χ1) is 4.24. The summed E-state index contributed by atoms with van der Waals surface area (Å²) in [5.41, 5.74) is 2.38. The van der Waals surface area contributed by atoms with E-state index in [0.717, 1.165) is 0 Å². The standard InChI is InChI=1S/C3H6BrN5/c1-9-3(7-5)6-2(4)8-9/h5H2,1H3,(H,6,7,8). The van der Waals surface area contributed by atoms with Crippen LogP contribution in [0.1, 0.15) is 0 Å². The molecule has 1 aromatic rings. The van der Waals surface area contributed by atoms with Crippen molar-refractivity contribution in [2.24, 2.45) is 12.9 Å². The predicted molar refractivity (Wildman–Crippen MR) is 36.5 cm³/mol. The molecule has 5 nitrogen and oxygen atoms in total. The van der Waals surface area contributed by atoms with Gasteiger partial charge in [-0.05, 0) is 15.9 Å². The van der Waals surface area contributed by atoms with Crippen LogP contribution in [0.2, 0.25) is 0 Å². The zero-order valence-corrected chi connectivity index (χ0v) is 6.38. The molecule has 0 aliphatic carbocycles. The van der Waals surface area contributed by atoms with Crippen LogP contribution >= 0.6 is 15.9 Å². The number of hydrazine groups is 1. The van der Waals surface area contributed by atoms with Crippen molar-refractivity contribution in [3.05, 3.63) is 4.73 Å². The summed E-state index contributed by atoms with van der Waals surface area (Å²) in [5, 5.41) is 3.86. The highest BCUT2D eigenvalue weighted by molar-refractivity contribution is 9.10. The number of aromatic nitrogens is 3. The number of hydrogen-bond donors (Lipinski definition) is 2. The summed E-state index contributed by atoms with van der Waals surface area (Å²) in [7, 11) is 1.74. The van der Waals surface area contributed by atoms with Crippen LogP contribution in [0.4, 0.5) is 5.95 Å². The summed E-state index contributed by atoms with van der Waals surface area (Å²) < 4.78 is 2.06. The van der Waals surface area contributed by atoms with Crippen molar-refractivity contribution in [3.8, 4) is 0 Å². The Morgan fingerprint density at radius 3 is 2.67 bits per heavy atom. The van der Waals surface area contributed by atoms with Gasteiger partial charge < -0.3 is 0 Å². The number of nitrogens with zero attached hydrogens (tertiary/aromatic N) is 3. The van der Waals surface area contributed by atoms with Crippen LogP contribution < -0.4 is 11.3 Å². The summed E-state index contributed by atoms with van der Waals surface area (Å²) >= 11 is 3.09. The Morgan fingerprint density at radius 1 is 1.78 bits per heavy atom. The van der Waals surface area contributed by atoms with Crippen LogP contribution in [0.5, 0.6) is 0 Å². The molecule has 0 aliphatic rings. The van der Waals surface area contributed by atoms with E-state index < -0.39 is 0 Å². The Balaban J connectivity index is 3.01. The lowest BCUT2D eigenvalue weighted by Gasteiger charge is -1.93. The third-order valence-corrected chi connectivity index (χ3v) is 1.20. The summed E-state index contributed by atoms with van der Waals surface area (Å²) in [5.74, 6) is 5.60. The lowest BCUT2D eigenvalue weighted by atomic mass is 11.0. The van der Waals surface area contributed by atoms with E-state index in [-0.39, 0.29) is 0 Å². The van der Waals surface area contributed by atoms with Gasteiger partial charge in [0.05, 0.1) is 0 Å². The Labute approximate surface area is 60.4 Å². The number of anilines is 1. The van der Waals surface area contributed by atoms with Gasteiger partial charge in [-0.25, -0.2) is 10.5 Å². The summed E-state index contributed by atoms with van der Waals surface area (Å²) in [6.07, 6.45) is 0. The first-order valence-corrected chi connectivity index (χ1v) is 3.06. The van der Waals surface area contributed by atoms with E-state index in [1.54, 1.807) is 7.05 Å². The fourth-order valence-corrected chi connectivity index (χ4v) is 0.885. The van der Waals surface area contributed by atoms with Gasteiger partial charge in [-0.3, -0.25) is 5.43 Å². The average molecular weight is 192 g/mol. The smallest absolute Gasteiger partial charge is 0.236 e. The maximum Gasteiger partial charge on any atom is 0.236 e. The monoisotopic (exact) mass is 191 g/mol. The van der Waals surface area contributed by atoms with Gasteiger partial charge in [0, 0.05) is 7.05 Å². The second-order valence-corrected chi connectivity index (χ2v) is 2.18. The number of nitrogen functional groups attached to an aromatic ring is 1. The van der Waals surface area contributed by atoms with Crippen molar-refractivity contribution in [2.45, 2.75) is 0 Å². The molecule has 0 radical (unpaired) electrons. The van der Waals surface area contributed by atoms with Crippen LogP contribution in [-0.4, -0.2) is 14.8 Å². The minimum atomic E-state index is 0.526. The van der Waals surface area contributed by atoms with E-state index in [1.165, 1.54) is 4.68 Å². The van der Waals surface area contributed by atoms with Crippen LogP contribution in [0, 0.1) is 0 Å². The molecule has 0 spiro atoms. The van der Waals surface area contributed by atoms with Gasteiger partial charge in [-0.1, -0.05) is 0 Å². The van der Waals surface area contributed by atoms with Gasteiger partial charge in [-0.2, -0.15) is 4.98 Å². The molecule has 50 valence electrons. The molecule has 1 aromatic heterocycles. The molecule has 0 atom stereocenters. The Kier molecular flexibility index (Phi) is 1.68. The second kappa shape index (κ2) is 2.32. The van der Waals surface area contributed by atoms with Gasteiger partial charge in [0.25, 0.3) is 0 Å². The first kappa shape index (κ1) is 6.50. The minimum Gasteiger partial charge on any atom is -0.293 e. The van der Waals surface area contributed by atoms with Gasteiger partial charge in [0.1, 0.15) is 0 Å². The van der Waals surface area contributed by atoms with Gasteiger partial charge in [-0.15, -0.1) is 5.10 Å². The molecule has 0 fully saturated rings. The zero-order valence-electron chi connectivity index (χ0n) is 4.80. The second-order valence-electron chi connectivity index (χ2n) is 1.47. The van der Waals surface area contributed by atoms with Crippen LogP contribution in [-0.2, 0) is 7.05 Å². The first-order valence-electron chi connectivity index (χ1n) is 2.27. The third-order valence-electron chi connectivity index (χ3n) is 0.866. The largest absolute Gasteiger partial charge is 0.293 e. The van der Waals surface area contributed by atoms with E-state index in [0.29, 0.717) is 10.7 Å². The number of nitrogens with one attached hydrogen (secondary N) is 1. The molecule has 0 saturated heterocycles. The third kappa shape index (κ3) is 1.19. The van der Waals surface area contributed by atoms with Crippen molar-refractivity contribution in [1.82, 2.24) is 14.8 Å². The number of halogens is 1. The lowest BCUT2D eigenvalue weighted by molar-refractivity contribution is 0.764. The Morgan fingerprint density at radius 2 is 2.44 bits per heavy atom. The maximum atomic E-state index is 5.07. The van der Waals surface area contributed by atoms with Gasteiger partial charge in [0.2, 0.25) is 10.7 Å². The predicted octanol–water partition coefficient (Wildman–Crippen LogP) is -0.137. The van der Waals surface area contributed by atoms with Crippen molar-refractivity contribution < 1.29 is 0 Å². The molecule has 0 amide bonds. The lowest BCUT2D eigenvalue weighted by Crippen LogP contribution is -2.11. The summed E-state index contributed by atoms with van der Waals surface area (Å²) in [6, 6.07) is 0. The average Bonchev–Trinajstić information content (AvgIpc) is 2.10. The highest BCUT2D eigenvalue weighted by Crippen LogP contribution is 2.05. The maximum absolute atomic E-state index is 5.07. The number of aryl methyl sites for hydroxylation is 1. The zero-order chi connectivity index (χ0) is 6.85. The minimum absolute atomic E-state index is 0.526. The SMILES string of the molecule is Cn1nc(Br)nc1NN. The summed E-state index contributed by atoms with van der Waals surface area (Å²) in [4.78, 5) is 3.86. The highest BCUT2D eigenvalue weighted by Gasteiger charge is 1.99. The molecular formula is C3H6BrN5. The molecule has 3 N–H and O–H groups in total. The normalized spacial score (nSPS) is 9.67. The number of rotatable bonds is 1. The van der Waals surface area contributed by atoms with Crippen LogP contribution in [0.15, 0.2) is 4.73 Å². The van der Waals surface area contributed by atoms with E-state index >= 15 is 0 Å². The topological polar surface area (TPSA) is 68.8 Å². The van der Waals surface area contributed by atoms with E-state index in [2.05, 4.69) is 31.4 Å². The molecule has 0 saturated carbocycles. The fourth-order valence-electron chi connectivity index (χ4n) is 0.479. The number of nitrogens with two attached hydrogens (primary N) is 1. The Bertz CT molecular complexity index is 206. The number of hydrogen-bond acceptors (Lipinski definition) is 4. The van der Waals surface area contributed by atoms with Crippen molar-refractivity contribution in [1.29, 1.82) is 0 Å².